The third-order valence-electron chi connectivity index (χ3n) is 2.37. The highest BCUT2D eigenvalue weighted by Gasteiger charge is 2.34. The maximum Gasteiger partial charge on any atom is 0.323 e. The van der Waals surface area contributed by atoms with E-state index in [1.165, 1.54) is 0 Å². The van der Waals surface area contributed by atoms with E-state index in [0.717, 1.165) is 6.42 Å². The summed E-state index contributed by atoms with van der Waals surface area (Å²) in [4.78, 5) is 10.7. The molecule has 0 aromatic carbocycles. The van der Waals surface area contributed by atoms with Gasteiger partial charge in [0.25, 0.3) is 0 Å². The van der Waals surface area contributed by atoms with E-state index in [9.17, 15) is 13.2 Å². The summed E-state index contributed by atoms with van der Waals surface area (Å²) >= 11 is 0. The van der Waals surface area contributed by atoms with Gasteiger partial charge in [-0.2, -0.15) is 0 Å². The molecule has 2 unspecified atom stereocenters. The van der Waals surface area contributed by atoms with Gasteiger partial charge in [-0.05, 0) is 12.8 Å². The predicted molar refractivity (Wildman–Crippen MR) is 53.2 cm³/mol. The number of carboxylic acids is 1. The SMILES string of the molecule is NCC(C(=O)O)S(=O)(=O)CC1CCCO1. The first-order chi connectivity index (χ1) is 6.97. The van der Waals surface area contributed by atoms with Crippen molar-refractivity contribution in [2.45, 2.75) is 24.2 Å². The Labute approximate surface area is 88.3 Å². The summed E-state index contributed by atoms with van der Waals surface area (Å²) < 4.78 is 28.4. The normalized spacial score (nSPS) is 23.9. The summed E-state index contributed by atoms with van der Waals surface area (Å²) in [5.74, 6) is -1.64. The Morgan fingerprint density at radius 2 is 2.27 bits per heavy atom. The van der Waals surface area contributed by atoms with Crippen LogP contribution in [0.2, 0.25) is 0 Å². The molecule has 6 nitrogen and oxygen atoms in total. The fraction of sp³-hybridized carbons (Fsp3) is 0.875. The standard InChI is InChI=1S/C8H15NO5S/c9-4-7(8(10)11)15(12,13)5-6-2-1-3-14-6/h6-7H,1-5,9H2,(H,10,11). The second kappa shape index (κ2) is 4.91. The third-order valence-corrected chi connectivity index (χ3v) is 4.46. The van der Waals surface area contributed by atoms with E-state index in [4.69, 9.17) is 15.6 Å². The molecule has 1 heterocycles. The van der Waals surface area contributed by atoms with Crippen molar-refractivity contribution in [3.63, 3.8) is 0 Å². The number of carboxylic acid groups (broad SMARTS) is 1. The lowest BCUT2D eigenvalue weighted by Crippen LogP contribution is -2.40. The number of hydrogen-bond donors (Lipinski definition) is 2. The maximum absolute atomic E-state index is 11.6. The molecular formula is C8H15NO5S. The average molecular weight is 237 g/mol. The molecule has 0 bridgehead atoms. The van der Waals surface area contributed by atoms with E-state index < -0.39 is 27.6 Å². The quantitative estimate of drug-likeness (QED) is 0.634. The molecule has 0 spiro atoms. The van der Waals surface area contributed by atoms with Crippen molar-refractivity contribution in [3.8, 4) is 0 Å². The molecule has 7 heteroatoms. The zero-order valence-electron chi connectivity index (χ0n) is 8.26. The van der Waals surface area contributed by atoms with Crippen LogP contribution < -0.4 is 5.73 Å². The van der Waals surface area contributed by atoms with Gasteiger partial charge in [-0.15, -0.1) is 0 Å². The Hall–Kier alpha value is -0.660. The minimum absolute atomic E-state index is 0.249. The molecule has 0 saturated carbocycles. The summed E-state index contributed by atoms with van der Waals surface area (Å²) in [5, 5.41) is 7.17. The Morgan fingerprint density at radius 3 is 2.67 bits per heavy atom. The summed E-state index contributed by atoms with van der Waals surface area (Å²) in [6, 6.07) is 0. The summed E-state index contributed by atoms with van der Waals surface area (Å²) in [7, 11) is -3.70. The largest absolute Gasteiger partial charge is 0.480 e. The average Bonchev–Trinajstić information content (AvgIpc) is 2.55. The molecule has 88 valence electrons. The van der Waals surface area contributed by atoms with Crippen molar-refractivity contribution in [1.82, 2.24) is 0 Å². The Morgan fingerprint density at radius 1 is 1.60 bits per heavy atom. The van der Waals surface area contributed by atoms with Gasteiger partial charge in [0.1, 0.15) is 0 Å². The van der Waals surface area contributed by atoms with Crippen LogP contribution in [0.15, 0.2) is 0 Å². The fourth-order valence-electron chi connectivity index (χ4n) is 1.55. The van der Waals surface area contributed by atoms with Gasteiger partial charge in [0.15, 0.2) is 15.1 Å². The van der Waals surface area contributed by atoms with Crippen LogP contribution >= 0.6 is 0 Å². The lowest BCUT2D eigenvalue weighted by atomic mass is 10.3. The molecule has 0 aliphatic carbocycles. The van der Waals surface area contributed by atoms with E-state index in [1.807, 2.05) is 0 Å². The van der Waals surface area contributed by atoms with Gasteiger partial charge in [-0.3, -0.25) is 4.79 Å². The van der Waals surface area contributed by atoms with Crippen molar-refractivity contribution < 1.29 is 23.1 Å². The van der Waals surface area contributed by atoms with Crippen molar-refractivity contribution in [1.29, 1.82) is 0 Å². The van der Waals surface area contributed by atoms with Crippen LogP contribution in [-0.4, -0.2) is 49.8 Å². The maximum atomic E-state index is 11.6. The third kappa shape index (κ3) is 3.15. The Balaban J connectivity index is 2.67. The molecule has 1 aliphatic rings. The number of sulfone groups is 1. The Bertz CT molecular complexity index is 320. The topological polar surface area (TPSA) is 107 Å². The van der Waals surface area contributed by atoms with Crippen LogP contribution in [0.3, 0.4) is 0 Å². The highest BCUT2D eigenvalue weighted by Crippen LogP contribution is 2.16. The Kier molecular flexibility index (Phi) is 4.06. The van der Waals surface area contributed by atoms with Crippen LogP contribution in [0.5, 0.6) is 0 Å². The molecule has 0 amide bonds. The van der Waals surface area contributed by atoms with E-state index >= 15 is 0 Å². The highest BCUT2D eigenvalue weighted by atomic mass is 32.2. The molecule has 1 rings (SSSR count). The van der Waals surface area contributed by atoms with Gasteiger partial charge >= 0.3 is 5.97 Å². The highest BCUT2D eigenvalue weighted by molar-refractivity contribution is 7.92. The van der Waals surface area contributed by atoms with E-state index in [-0.39, 0.29) is 11.9 Å². The second-order valence-corrected chi connectivity index (χ2v) is 5.76. The molecule has 3 N–H and O–H groups in total. The molecule has 15 heavy (non-hydrogen) atoms. The summed E-state index contributed by atoms with van der Waals surface area (Å²) in [6.45, 7) is 0.144. The van der Waals surface area contributed by atoms with Crippen LogP contribution in [0.25, 0.3) is 0 Å². The number of rotatable bonds is 5. The molecule has 2 atom stereocenters. The zero-order valence-corrected chi connectivity index (χ0v) is 9.07. The monoisotopic (exact) mass is 237 g/mol. The number of aliphatic carboxylic acids is 1. The van der Waals surface area contributed by atoms with Crippen LogP contribution in [0.1, 0.15) is 12.8 Å². The first-order valence-electron chi connectivity index (χ1n) is 4.73. The summed E-state index contributed by atoms with van der Waals surface area (Å²) in [6.07, 6.45) is 1.11. The lowest BCUT2D eigenvalue weighted by molar-refractivity contribution is -0.136. The van der Waals surface area contributed by atoms with Gasteiger partial charge in [-0.25, -0.2) is 8.42 Å². The van der Waals surface area contributed by atoms with Crippen molar-refractivity contribution in [2.75, 3.05) is 18.9 Å². The van der Waals surface area contributed by atoms with Crippen molar-refractivity contribution in [3.05, 3.63) is 0 Å². The first kappa shape index (κ1) is 12.4. The number of carbonyl (C=O) groups is 1. The van der Waals surface area contributed by atoms with E-state index in [2.05, 4.69) is 0 Å². The smallest absolute Gasteiger partial charge is 0.323 e. The molecule has 1 aliphatic heterocycles. The van der Waals surface area contributed by atoms with Crippen molar-refractivity contribution >= 4 is 15.8 Å². The minimum atomic E-state index is -3.70. The second-order valence-electron chi connectivity index (χ2n) is 3.53. The minimum Gasteiger partial charge on any atom is -0.480 e. The lowest BCUT2D eigenvalue weighted by Gasteiger charge is -2.14. The first-order valence-corrected chi connectivity index (χ1v) is 6.45. The van der Waals surface area contributed by atoms with Gasteiger partial charge in [-0.1, -0.05) is 0 Å². The molecule has 0 aromatic rings. The number of hydrogen-bond acceptors (Lipinski definition) is 5. The fourth-order valence-corrected chi connectivity index (χ4v) is 3.17. The van der Waals surface area contributed by atoms with Gasteiger partial charge < -0.3 is 15.6 Å². The molecule has 1 fully saturated rings. The molecule has 0 radical (unpaired) electrons. The van der Waals surface area contributed by atoms with Crippen LogP contribution in [0.4, 0.5) is 0 Å². The number of nitrogens with two attached hydrogens (primary N) is 1. The summed E-state index contributed by atoms with van der Waals surface area (Å²) in [5.41, 5.74) is 5.13. The van der Waals surface area contributed by atoms with Crippen LogP contribution in [-0.2, 0) is 19.4 Å². The zero-order chi connectivity index (χ0) is 11.5. The predicted octanol–water partition coefficient (Wildman–Crippen LogP) is -1.01. The van der Waals surface area contributed by atoms with Crippen LogP contribution in [0, 0.1) is 0 Å². The molecular weight excluding hydrogens is 222 g/mol. The van der Waals surface area contributed by atoms with Crippen molar-refractivity contribution in [2.24, 2.45) is 5.73 Å². The van der Waals surface area contributed by atoms with Gasteiger partial charge in [0.05, 0.1) is 11.9 Å². The molecule has 0 aromatic heterocycles. The van der Waals surface area contributed by atoms with Gasteiger partial charge in [0.2, 0.25) is 0 Å². The van der Waals surface area contributed by atoms with E-state index in [1.54, 1.807) is 0 Å². The van der Waals surface area contributed by atoms with E-state index in [0.29, 0.717) is 13.0 Å². The number of ether oxygens (including phenoxy) is 1. The molecule has 1 saturated heterocycles. The van der Waals surface area contributed by atoms with Gasteiger partial charge in [0, 0.05) is 13.2 Å².